The van der Waals surface area contributed by atoms with Crippen LogP contribution in [0.5, 0.6) is 0 Å². The fourth-order valence-electron chi connectivity index (χ4n) is 2.07. The molecule has 0 unspecified atom stereocenters. The zero-order valence-corrected chi connectivity index (χ0v) is 10.7. The van der Waals surface area contributed by atoms with Crippen LogP contribution in [0.15, 0.2) is 5.16 Å². The molecule has 1 aromatic heterocycles. The smallest absolute Gasteiger partial charge is 0.273 e. The molecule has 0 aromatic carbocycles. The summed E-state index contributed by atoms with van der Waals surface area (Å²) in [5, 5.41) is 12.3. The molecule has 2 heterocycles. The number of rotatable bonds is 4. The van der Waals surface area contributed by atoms with Gasteiger partial charge in [-0.15, -0.1) is 10.2 Å². The van der Waals surface area contributed by atoms with Gasteiger partial charge in [-0.2, -0.15) is 0 Å². The molecule has 17 heavy (non-hydrogen) atoms. The fraction of sp³-hybridized carbons (Fsp3) is 0.778. The number of nitrogens with zero attached hydrogens (tertiary/aromatic N) is 4. The number of nitrogens with two attached hydrogens (primary N) is 1. The molecule has 0 spiro atoms. The normalized spacial score (nSPS) is 17.8. The molecule has 1 fully saturated rings. The van der Waals surface area contributed by atoms with Crippen LogP contribution in [0.25, 0.3) is 0 Å². The van der Waals surface area contributed by atoms with Crippen molar-refractivity contribution in [1.29, 1.82) is 0 Å². The predicted molar refractivity (Wildman–Crippen MR) is 61.8 cm³/mol. The minimum absolute atomic E-state index is 0.172. The lowest BCUT2D eigenvalue weighted by atomic mass is 10.4. The third kappa shape index (κ3) is 2.82. The standard InChI is InChI=1S/C9H17N5O2S/c1-13-8(4-7-14-5-2-3-6-14)11-12-9(13)17(10,15)16/h2-7H2,1H3,(H2,10,15,16). The topological polar surface area (TPSA) is 94.1 Å². The number of hydrogen-bond donors (Lipinski definition) is 1. The van der Waals surface area contributed by atoms with Gasteiger partial charge < -0.3 is 9.47 Å². The van der Waals surface area contributed by atoms with Crippen LogP contribution in [-0.2, 0) is 23.5 Å². The minimum Gasteiger partial charge on any atom is -0.304 e. The summed E-state index contributed by atoms with van der Waals surface area (Å²) in [4.78, 5) is 2.34. The van der Waals surface area contributed by atoms with E-state index in [1.54, 1.807) is 7.05 Å². The second-order valence-corrected chi connectivity index (χ2v) is 5.76. The van der Waals surface area contributed by atoms with Crippen molar-refractivity contribution >= 4 is 10.0 Å². The summed E-state index contributed by atoms with van der Waals surface area (Å²) in [5.74, 6) is 0.654. The summed E-state index contributed by atoms with van der Waals surface area (Å²) in [5.41, 5.74) is 0. The summed E-state index contributed by atoms with van der Waals surface area (Å²) >= 11 is 0. The van der Waals surface area contributed by atoms with E-state index >= 15 is 0 Å². The predicted octanol–water partition coefficient (Wildman–Crippen LogP) is -0.899. The van der Waals surface area contributed by atoms with E-state index < -0.39 is 10.0 Å². The van der Waals surface area contributed by atoms with Crippen LogP contribution >= 0.6 is 0 Å². The highest BCUT2D eigenvalue weighted by Gasteiger charge is 2.19. The molecule has 1 aliphatic heterocycles. The van der Waals surface area contributed by atoms with Gasteiger partial charge in [0.15, 0.2) is 0 Å². The number of likely N-dealkylation sites (tertiary alicyclic amines) is 1. The van der Waals surface area contributed by atoms with Gasteiger partial charge in [-0.05, 0) is 25.9 Å². The molecule has 0 atom stereocenters. The van der Waals surface area contributed by atoms with Gasteiger partial charge in [0.2, 0.25) is 0 Å². The number of sulfonamides is 1. The van der Waals surface area contributed by atoms with Crippen LogP contribution in [0.3, 0.4) is 0 Å². The molecule has 2 rings (SSSR count). The molecule has 96 valence electrons. The van der Waals surface area contributed by atoms with Gasteiger partial charge in [0.05, 0.1) is 0 Å². The molecule has 7 nitrogen and oxygen atoms in total. The van der Waals surface area contributed by atoms with Crippen LogP contribution in [0.2, 0.25) is 0 Å². The first kappa shape index (κ1) is 12.5. The summed E-state index contributed by atoms with van der Waals surface area (Å²) in [6.07, 6.45) is 3.17. The van der Waals surface area contributed by atoms with Crippen molar-refractivity contribution in [1.82, 2.24) is 19.7 Å². The first-order valence-electron chi connectivity index (χ1n) is 5.62. The van der Waals surface area contributed by atoms with Gasteiger partial charge in [-0.25, -0.2) is 13.6 Å². The maximum absolute atomic E-state index is 11.2. The molecular formula is C9H17N5O2S. The molecule has 2 N–H and O–H groups in total. The van der Waals surface area contributed by atoms with Crippen LogP contribution in [0.1, 0.15) is 18.7 Å². The van der Waals surface area contributed by atoms with E-state index in [9.17, 15) is 8.42 Å². The van der Waals surface area contributed by atoms with E-state index in [0.29, 0.717) is 12.2 Å². The van der Waals surface area contributed by atoms with Crippen molar-refractivity contribution in [3.8, 4) is 0 Å². The van der Waals surface area contributed by atoms with Gasteiger partial charge in [0.1, 0.15) is 5.82 Å². The Bertz CT molecular complexity index is 489. The van der Waals surface area contributed by atoms with Crippen molar-refractivity contribution in [3.63, 3.8) is 0 Å². The van der Waals surface area contributed by atoms with Gasteiger partial charge in [0, 0.05) is 20.0 Å². The summed E-state index contributed by atoms with van der Waals surface area (Å²) < 4.78 is 23.8. The Balaban J connectivity index is 2.04. The maximum Gasteiger partial charge on any atom is 0.273 e. The van der Waals surface area contributed by atoms with Crippen molar-refractivity contribution < 1.29 is 8.42 Å². The van der Waals surface area contributed by atoms with Crippen molar-refractivity contribution in [3.05, 3.63) is 5.82 Å². The summed E-state index contributed by atoms with van der Waals surface area (Å²) in [6, 6.07) is 0. The first-order valence-corrected chi connectivity index (χ1v) is 7.16. The van der Waals surface area contributed by atoms with E-state index in [2.05, 4.69) is 15.1 Å². The van der Waals surface area contributed by atoms with Gasteiger partial charge in [-0.1, -0.05) is 0 Å². The molecule has 0 amide bonds. The molecule has 0 radical (unpaired) electrons. The van der Waals surface area contributed by atoms with Crippen molar-refractivity contribution in [2.75, 3.05) is 19.6 Å². The molecule has 1 aromatic rings. The molecule has 0 aliphatic carbocycles. The third-order valence-electron chi connectivity index (χ3n) is 3.03. The van der Waals surface area contributed by atoms with E-state index in [-0.39, 0.29) is 5.16 Å². The average Bonchev–Trinajstić information content (AvgIpc) is 2.83. The van der Waals surface area contributed by atoms with Crippen LogP contribution in [0.4, 0.5) is 0 Å². The maximum atomic E-state index is 11.2. The summed E-state index contributed by atoms with van der Waals surface area (Å²) in [7, 11) is -2.15. The number of aromatic nitrogens is 3. The van der Waals surface area contributed by atoms with Gasteiger partial charge >= 0.3 is 0 Å². The van der Waals surface area contributed by atoms with Gasteiger partial charge in [0.25, 0.3) is 15.2 Å². The molecule has 0 bridgehead atoms. The van der Waals surface area contributed by atoms with E-state index in [4.69, 9.17) is 5.14 Å². The second-order valence-electron chi connectivity index (χ2n) is 4.30. The van der Waals surface area contributed by atoms with Gasteiger partial charge in [-0.3, -0.25) is 0 Å². The van der Waals surface area contributed by atoms with Crippen molar-refractivity contribution in [2.24, 2.45) is 12.2 Å². The summed E-state index contributed by atoms with van der Waals surface area (Å²) in [6.45, 7) is 3.11. The third-order valence-corrected chi connectivity index (χ3v) is 3.89. The lowest BCUT2D eigenvalue weighted by Gasteiger charge is -2.13. The highest BCUT2D eigenvalue weighted by atomic mass is 32.2. The highest BCUT2D eigenvalue weighted by molar-refractivity contribution is 7.89. The number of primary sulfonamides is 1. The van der Waals surface area contributed by atoms with E-state index in [1.165, 1.54) is 17.4 Å². The zero-order valence-electron chi connectivity index (χ0n) is 9.83. The lowest BCUT2D eigenvalue weighted by molar-refractivity contribution is 0.339. The van der Waals surface area contributed by atoms with Crippen molar-refractivity contribution in [2.45, 2.75) is 24.4 Å². The van der Waals surface area contributed by atoms with Crippen LogP contribution < -0.4 is 5.14 Å². The molecule has 0 saturated carbocycles. The van der Waals surface area contributed by atoms with Crippen LogP contribution in [0, 0.1) is 0 Å². The van der Waals surface area contributed by atoms with E-state index in [1.807, 2.05) is 0 Å². The monoisotopic (exact) mass is 259 g/mol. The Labute approximate surface area is 101 Å². The Morgan fingerprint density at radius 2 is 1.94 bits per heavy atom. The Morgan fingerprint density at radius 1 is 1.29 bits per heavy atom. The average molecular weight is 259 g/mol. The molecular weight excluding hydrogens is 242 g/mol. The Hall–Kier alpha value is -0.990. The SMILES string of the molecule is Cn1c(CCN2CCCC2)nnc1S(N)(=O)=O. The Kier molecular flexibility index (Phi) is 3.45. The lowest BCUT2D eigenvalue weighted by Crippen LogP contribution is -2.23. The zero-order chi connectivity index (χ0) is 12.5. The highest BCUT2D eigenvalue weighted by Crippen LogP contribution is 2.09. The van der Waals surface area contributed by atoms with Crippen LogP contribution in [-0.4, -0.2) is 47.7 Å². The largest absolute Gasteiger partial charge is 0.304 e. The molecule has 1 aliphatic rings. The second kappa shape index (κ2) is 4.71. The Morgan fingerprint density at radius 3 is 2.47 bits per heavy atom. The number of hydrogen-bond acceptors (Lipinski definition) is 5. The minimum atomic E-state index is -3.77. The molecule has 1 saturated heterocycles. The molecule has 8 heteroatoms. The van der Waals surface area contributed by atoms with E-state index in [0.717, 1.165) is 19.6 Å². The first-order chi connectivity index (χ1) is 7.98. The fourth-order valence-corrected chi connectivity index (χ4v) is 2.72. The quantitative estimate of drug-likeness (QED) is 0.756.